The molecule has 0 bridgehead atoms. The molecule has 1 atom stereocenters. The quantitative estimate of drug-likeness (QED) is 0.890. The van der Waals surface area contributed by atoms with Gasteiger partial charge in [0.1, 0.15) is 11.5 Å². The fourth-order valence-electron chi connectivity index (χ4n) is 1.64. The summed E-state index contributed by atoms with van der Waals surface area (Å²) in [5, 5.41) is 6.84. The zero-order chi connectivity index (χ0) is 14.4. The number of rotatable bonds is 6. The van der Waals surface area contributed by atoms with Crippen LogP contribution in [0.2, 0.25) is 0 Å². The van der Waals surface area contributed by atoms with E-state index in [1.165, 1.54) is 0 Å². The van der Waals surface area contributed by atoms with Crippen LogP contribution in [0.4, 0.5) is 0 Å². The number of thiophene rings is 1. The Bertz CT molecular complexity index is 537. The lowest BCUT2D eigenvalue weighted by Gasteiger charge is -2.14. The molecular weight excluding hydrogens is 274 g/mol. The van der Waals surface area contributed by atoms with Crippen LogP contribution in [-0.2, 0) is 11.3 Å². The minimum absolute atomic E-state index is 0.132. The molecule has 0 saturated heterocycles. The lowest BCUT2D eigenvalue weighted by Crippen LogP contribution is -2.35. The smallest absolute Gasteiger partial charge is 0.261 e. The molecule has 0 radical (unpaired) electrons. The number of nitrogens with one attached hydrogen (secondary N) is 1. The molecule has 2 rings (SSSR count). The zero-order valence-electron chi connectivity index (χ0n) is 11.5. The Balaban J connectivity index is 1.83. The number of ether oxygens (including phenoxy) is 2. The van der Waals surface area contributed by atoms with Crippen LogP contribution in [-0.4, -0.2) is 19.1 Å². The minimum atomic E-state index is -0.540. The first-order valence-electron chi connectivity index (χ1n) is 6.28. The van der Waals surface area contributed by atoms with E-state index in [2.05, 4.69) is 5.32 Å². The van der Waals surface area contributed by atoms with Crippen molar-refractivity contribution in [3.63, 3.8) is 0 Å². The lowest BCUT2D eigenvalue weighted by molar-refractivity contribution is -0.127. The number of hydrogen-bond donors (Lipinski definition) is 1. The summed E-state index contributed by atoms with van der Waals surface area (Å²) in [6.07, 6.45) is -0.540. The number of methoxy groups -OCH3 is 1. The van der Waals surface area contributed by atoms with Crippen molar-refractivity contribution in [2.75, 3.05) is 7.11 Å². The molecule has 0 aliphatic heterocycles. The summed E-state index contributed by atoms with van der Waals surface area (Å²) < 4.78 is 10.6. The van der Waals surface area contributed by atoms with Crippen molar-refractivity contribution >= 4 is 17.2 Å². The van der Waals surface area contributed by atoms with Gasteiger partial charge in [-0.15, -0.1) is 0 Å². The van der Waals surface area contributed by atoms with Gasteiger partial charge in [-0.1, -0.05) is 0 Å². The average Bonchev–Trinajstić information content (AvgIpc) is 2.98. The summed E-state index contributed by atoms with van der Waals surface area (Å²) in [7, 11) is 1.61. The summed E-state index contributed by atoms with van der Waals surface area (Å²) in [6.45, 7) is 2.26. The first-order valence-corrected chi connectivity index (χ1v) is 7.23. The Morgan fingerprint density at radius 1 is 1.25 bits per heavy atom. The van der Waals surface area contributed by atoms with Crippen LogP contribution < -0.4 is 14.8 Å². The Morgan fingerprint density at radius 2 is 1.95 bits per heavy atom. The lowest BCUT2D eigenvalue weighted by atomic mass is 10.3. The molecule has 0 saturated carbocycles. The Morgan fingerprint density at radius 3 is 2.55 bits per heavy atom. The molecule has 1 amide bonds. The van der Waals surface area contributed by atoms with Crippen molar-refractivity contribution in [1.82, 2.24) is 5.32 Å². The molecule has 1 heterocycles. The van der Waals surface area contributed by atoms with Gasteiger partial charge in [0.15, 0.2) is 6.10 Å². The highest BCUT2D eigenvalue weighted by atomic mass is 32.1. The van der Waals surface area contributed by atoms with Crippen LogP contribution in [0.5, 0.6) is 11.5 Å². The molecule has 2 aromatic rings. The van der Waals surface area contributed by atoms with Crippen molar-refractivity contribution in [3.05, 3.63) is 46.7 Å². The van der Waals surface area contributed by atoms with Gasteiger partial charge in [0.25, 0.3) is 5.91 Å². The topological polar surface area (TPSA) is 47.6 Å². The minimum Gasteiger partial charge on any atom is -0.497 e. The first-order chi connectivity index (χ1) is 9.69. The van der Waals surface area contributed by atoms with E-state index >= 15 is 0 Å². The first kappa shape index (κ1) is 14.4. The van der Waals surface area contributed by atoms with Gasteiger partial charge in [-0.2, -0.15) is 11.3 Å². The maximum atomic E-state index is 11.9. The summed E-state index contributed by atoms with van der Waals surface area (Å²) in [5.41, 5.74) is 1.10. The monoisotopic (exact) mass is 291 g/mol. The Kier molecular flexibility index (Phi) is 5.01. The molecule has 0 aliphatic carbocycles. The third-order valence-electron chi connectivity index (χ3n) is 2.79. The van der Waals surface area contributed by atoms with Crippen molar-refractivity contribution in [2.45, 2.75) is 19.6 Å². The number of hydrogen-bond acceptors (Lipinski definition) is 4. The molecule has 1 aromatic heterocycles. The van der Waals surface area contributed by atoms with E-state index in [1.54, 1.807) is 49.6 Å². The highest BCUT2D eigenvalue weighted by molar-refractivity contribution is 7.07. The fourth-order valence-corrected chi connectivity index (χ4v) is 2.31. The van der Waals surface area contributed by atoms with Crippen molar-refractivity contribution in [3.8, 4) is 11.5 Å². The van der Waals surface area contributed by atoms with E-state index in [0.29, 0.717) is 12.3 Å². The zero-order valence-corrected chi connectivity index (χ0v) is 12.3. The molecule has 1 aromatic carbocycles. The van der Waals surface area contributed by atoms with Gasteiger partial charge in [-0.3, -0.25) is 4.79 Å². The predicted octanol–water partition coefficient (Wildman–Crippen LogP) is 2.84. The van der Waals surface area contributed by atoms with Crippen LogP contribution in [0, 0.1) is 0 Å². The van der Waals surface area contributed by atoms with E-state index in [4.69, 9.17) is 9.47 Å². The van der Waals surface area contributed by atoms with E-state index in [0.717, 1.165) is 11.3 Å². The van der Waals surface area contributed by atoms with Gasteiger partial charge in [-0.05, 0) is 53.6 Å². The highest BCUT2D eigenvalue weighted by Crippen LogP contribution is 2.18. The van der Waals surface area contributed by atoms with Crippen LogP contribution >= 0.6 is 11.3 Å². The van der Waals surface area contributed by atoms with Gasteiger partial charge in [0.2, 0.25) is 0 Å². The molecule has 5 heteroatoms. The van der Waals surface area contributed by atoms with Crippen molar-refractivity contribution in [2.24, 2.45) is 0 Å². The molecule has 0 spiro atoms. The average molecular weight is 291 g/mol. The number of carbonyl (C=O) groups is 1. The predicted molar refractivity (Wildman–Crippen MR) is 79.2 cm³/mol. The third kappa shape index (κ3) is 3.99. The second-order valence-electron chi connectivity index (χ2n) is 4.29. The second-order valence-corrected chi connectivity index (χ2v) is 5.07. The maximum absolute atomic E-state index is 11.9. The fraction of sp³-hybridized carbons (Fsp3) is 0.267. The summed E-state index contributed by atoms with van der Waals surface area (Å²) >= 11 is 1.61. The summed E-state index contributed by atoms with van der Waals surface area (Å²) in [6, 6.07) is 9.14. The highest BCUT2D eigenvalue weighted by Gasteiger charge is 2.14. The molecule has 20 heavy (non-hydrogen) atoms. The number of carbonyl (C=O) groups excluding carboxylic acids is 1. The van der Waals surface area contributed by atoms with Crippen LogP contribution in [0.1, 0.15) is 12.5 Å². The molecule has 0 unspecified atom stereocenters. The largest absolute Gasteiger partial charge is 0.497 e. The van der Waals surface area contributed by atoms with Crippen LogP contribution in [0.15, 0.2) is 41.1 Å². The van der Waals surface area contributed by atoms with E-state index in [9.17, 15) is 4.79 Å². The van der Waals surface area contributed by atoms with Gasteiger partial charge in [0.05, 0.1) is 7.11 Å². The summed E-state index contributed by atoms with van der Waals surface area (Å²) in [5.74, 6) is 1.27. The van der Waals surface area contributed by atoms with E-state index in [-0.39, 0.29) is 5.91 Å². The third-order valence-corrected chi connectivity index (χ3v) is 3.52. The Hall–Kier alpha value is -2.01. The standard InChI is InChI=1S/C15H17NO3S/c1-11(15(17)16-9-12-7-8-20-10-12)19-14-5-3-13(18-2)4-6-14/h3-8,10-11H,9H2,1-2H3,(H,16,17)/t11-/m1/s1. The maximum Gasteiger partial charge on any atom is 0.261 e. The van der Waals surface area contributed by atoms with E-state index in [1.807, 2.05) is 16.8 Å². The van der Waals surface area contributed by atoms with Crippen LogP contribution in [0.3, 0.4) is 0 Å². The normalized spacial score (nSPS) is 11.7. The molecule has 106 valence electrons. The van der Waals surface area contributed by atoms with Gasteiger partial charge >= 0.3 is 0 Å². The number of benzene rings is 1. The van der Waals surface area contributed by atoms with Crippen molar-refractivity contribution in [1.29, 1.82) is 0 Å². The summed E-state index contributed by atoms with van der Waals surface area (Å²) in [4.78, 5) is 11.9. The van der Waals surface area contributed by atoms with Gasteiger partial charge in [0, 0.05) is 6.54 Å². The number of amides is 1. The molecular formula is C15H17NO3S. The van der Waals surface area contributed by atoms with Gasteiger partial charge < -0.3 is 14.8 Å². The molecule has 1 N–H and O–H groups in total. The molecule has 0 fully saturated rings. The Labute approximate surface area is 122 Å². The van der Waals surface area contributed by atoms with Crippen LogP contribution in [0.25, 0.3) is 0 Å². The second kappa shape index (κ2) is 6.96. The molecule has 0 aliphatic rings. The van der Waals surface area contributed by atoms with E-state index < -0.39 is 6.10 Å². The molecule has 4 nitrogen and oxygen atoms in total. The van der Waals surface area contributed by atoms with Gasteiger partial charge in [-0.25, -0.2) is 0 Å². The SMILES string of the molecule is COc1ccc(O[C@H](C)C(=O)NCc2ccsc2)cc1. The van der Waals surface area contributed by atoms with Crippen molar-refractivity contribution < 1.29 is 14.3 Å².